The number of rotatable bonds is 8. The molecule has 0 aliphatic rings. The maximum atomic E-state index is 12.5. The van der Waals surface area contributed by atoms with E-state index in [2.05, 4.69) is 22.8 Å². The van der Waals surface area contributed by atoms with E-state index >= 15 is 0 Å². The first-order valence-electron chi connectivity index (χ1n) is 8.07. The van der Waals surface area contributed by atoms with Crippen molar-refractivity contribution in [3.8, 4) is 5.75 Å². The smallest absolute Gasteiger partial charge is 0.261 e. The molecule has 0 unspecified atom stereocenters. The van der Waals surface area contributed by atoms with E-state index in [0.29, 0.717) is 31.1 Å². The van der Waals surface area contributed by atoms with Gasteiger partial charge in [0, 0.05) is 18.6 Å². The zero-order valence-corrected chi connectivity index (χ0v) is 16.4. The van der Waals surface area contributed by atoms with Gasteiger partial charge in [-0.1, -0.05) is 24.3 Å². The third-order valence-corrected chi connectivity index (χ3v) is 4.51. The van der Waals surface area contributed by atoms with Crippen molar-refractivity contribution in [1.82, 2.24) is 10.6 Å². The molecule has 2 rings (SSSR count). The molecule has 0 aliphatic heterocycles. The van der Waals surface area contributed by atoms with Gasteiger partial charge in [-0.3, -0.25) is 10.1 Å². The van der Waals surface area contributed by atoms with Gasteiger partial charge in [0.25, 0.3) is 5.91 Å². The fourth-order valence-electron chi connectivity index (χ4n) is 2.16. The molecule has 5 nitrogen and oxygen atoms in total. The lowest BCUT2D eigenvalue weighted by atomic mass is 10.2. The number of amides is 1. The lowest BCUT2D eigenvalue weighted by Gasteiger charge is -2.13. The van der Waals surface area contributed by atoms with Gasteiger partial charge in [-0.25, -0.2) is 0 Å². The van der Waals surface area contributed by atoms with Crippen molar-refractivity contribution in [2.75, 3.05) is 26.6 Å². The SMILES string of the molecule is COCCOc1ccccc1C(=O)NC(=S)NCc1ccc(SC)cc1. The zero-order valence-electron chi connectivity index (χ0n) is 14.8. The number of carbonyl (C=O) groups excluding carboxylic acids is 1. The number of ether oxygens (including phenoxy) is 2. The van der Waals surface area contributed by atoms with Crippen LogP contribution in [-0.2, 0) is 11.3 Å². The minimum absolute atomic E-state index is 0.274. The van der Waals surface area contributed by atoms with Crippen LogP contribution in [0.3, 0.4) is 0 Å². The Labute approximate surface area is 163 Å². The van der Waals surface area contributed by atoms with Gasteiger partial charge >= 0.3 is 0 Å². The monoisotopic (exact) mass is 390 g/mol. The van der Waals surface area contributed by atoms with E-state index in [4.69, 9.17) is 21.7 Å². The Bertz CT molecular complexity index is 736. The quantitative estimate of drug-likeness (QED) is 0.410. The molecular formula is C19H22N2O3S2. The lowest BCUT2D eigenvalue weighted by molar-refractivity contribution is 0.0968. The van der Waals surface area contributed by atoms with E-state index in [-0.39, 0.29) is 11.0 Å². The number of carbonyl (C=O) groups is 1. The van der Waals surface area contributed by atoms with Crippen LogP contribution in [0.2, 0.25) is 0 Å². The lowest BCUT2D eigenvalue weighted by Crippen LogP contribution is -2.39. The van der Waals surface area contributed by atoms with Crippen molar-refractivity contribution in [2.24, 2.45) is 0 Å². The highest BCUT2D eigenvalue weighted by Crippen LogP contribution is 2.18. The largest absolute Gasteiger partial charge is 0.490 e. The molecule has 7 heteroatoms. The van der Waals surface area contributed by atoms with E-state index in [1.807, 2.05) is 24.5 Å². The molecule has 138 valence electrons. The molecule has 1 amide bonds. The maximum Gasteiger partial charge on any atom is 0.261 e. The van der Waals surface area contributed by atoms with E-state index in [1.165, 1.54) is 4.90 Å². The molecule has 2 N–H and O–H groups in total. The van der Waals surface area contributed by atoms with Crippen LogP contribution in [0.15, 0.2) is 53.4 Å². The van der Waals surface area contributed by atoms with Gasteiger partial charge in [-0.2, -0.15) is 0 Å². The number of para-hydroxylation sites is 1. The fraction of sp³-hybridized carbons (Fsp3) is 0.263. The molecule has 0 spiro atoms. The standard InChI is InChI=1S/C19H22N2O3S2/c1-23-11-12-24-17-6-4-3-5-16(17)18(22)21-19(25)20-13-14-7-9-15(26-2)10-8-14/h3-10H,11-13H2,1-2H3,(H2,20,21,22,25). The second kappa shape index (κ2) is 10.8. The molecule has 0 saturated heterocycles. The van der Waals surface area contributed by atoms with Gasteiger partial charge in [0.1, 0.15) is 12.4 Å². The number of benzene rings is 2. The van der Waals surface area contributed by atoms with Crippen molar-refractivity contribution in [1.29, 1.82) is 0 Å². The topological polar surface area (TPSA) is 59.6 Å². The van der Waals surface area contributed by atoms with Gasteiger partial charge in [0.05, 0.1) is 12.2 Å². The first kappa shape index (κ1) is 20.2. The van der Waals surface area contributed by atoms with Crippen LogP contribution in [0.25, 0.3) is 0 Å². The second-order valence-electron chi connectivity index (χ2n) is 5.32. The number of methoxy groups -OCH3 is 1. The van der Waals surface area contributed by atoms with Crippen molar-refractivity contribution < 1.29 is 14.3 Å². The van der Waals surface area contributed by atoms with Gasteiger partial charge in [0.15, 0.2) is 5.11 Å². The van der Waals surface area contributed by atoms with Crippen molar-refractivity contribution >= 4 is 35.0 Å². The highest BCUT2D eigenvalue weighted by atomic mass is 32.2. The third-order valence-electron chi connectivity index (χ3n) is 3.52. The molecule has 26 heavy (non-hydrogen) atoms. The highest BCUT2D eigenvalue weighted by molar-refractivity contribution is 7.98. The van der Waals surface area contributed by atoms with E-state index in [0.717, 1.165) is 5.56 Å². The molecule has 0 radical (unpaired) electrons. The number of thiocarbonyl (C=S) groups is 1. The Balaban J connectivity index is 1.89. The number of thioether (sulfide) groups is 1. The zero-order chi connectivity index (χ0) is 18.8. The van der Waals surface area contributed by atoms with Crippen LogP contribution in [0.4, 0.5) is 0 Å². The Morgan fingerprint density at radius 2 is 1.85 bits per heavy atom. The minimum atomic E-state index is -0.312. The Hall–Kier alpha value is -2.09. The van der Waals surface area contributed by atoms with Crippen LogP contribution in [-0.4, -0.2) is 37.6 Å². The van der Waals surface area contributed by atoms with Crippen LogP contribution < -0.4 is 15.4 Å². The summed E-state index contributed by atoms with van der Waals surface area (Å²) in [5, 5.41) is 6.00. The minimum Gasteiger partial charge on any atom is -0.490 e. The first-order chi connectivity index (χ1) is 12.6. The molecule has 0 aliphatic carbocycles. The molecule has 0 aromatic heterocycles. The summed E-state index contributed by atoms with van der Waals surface area (Å²) in [4.78, 5) is 13.7. The fourth-order valence-corrected chi connectivity index (χ4v) is 2.73. The van der Waals surface area contributed by atoms with Gasteiger partial charge in [-0.15, -0.1) is 11.8 Å². The summed E-state index contributed by atoms with van der Waals surface area (Å²) in [5.74, 6) is 0.186. The Morgan fingerprint density at radius 3 is 2.54 bits per heavy atom. The van der Waals surface area contributed by atoms with Crippen molar-refractivity contribution in [2.45, 2.75) is 11.4 Å². The van der Waals surface area contributed by atoms with Crippen LogP contribution in [0.5, 0.6) is 5.75 Å². The number of hydrogen-bond acceptors (Lipinski definition) is 5. The molecule has 2 aromatic carbocycles. The molecule has 0 bridgehead atoms. The van der Waals surface area contributed by atoms with Gasteiger partial charge in [0.2, 0.25) is 0 Å². The summed E-state index contributed by atoms with van der Waals surface area (Å²) < 4.78 is 10.5. The molecule has 0 atom stereocenters. The molecule has 0 fully saturated rings. The normalized spacial score (nSPS) is 10.2. The van der Waals surface area contributed by atoms with Gasteiger partial charge in [-0.05, 0) is 48.3 Å². The summed E-state index contributed by atoms with van der Waals surface area (Å²) in [7, 11) is 1.60. The van der Waals surface area contributed by atoms with Crippen molar-refractivity contribution in [3.63, 3.8) is 0 Å². The van der Waals surface area contributed by atoms with Crippen molar-refractivity contribution in [3.05, 3.63) is 59.7 Å². The summed E-state index contributed by atoms with van der Waals surface area (Å²) in [5.41, 5.74) is 1.51. The van der Waals surface area contributed by atoms with E-state index in [1.54, 1.807) is 37.1 Å². The first-order valence-corrected chi connectivity index (χ1v) is 9.70. The maximum absolute atomic E-state index is 12.5. The predicted molar refractivity (Wildman–Crippen MR) is 109 cm³/mol. The summed E-state index contributed by atoms with van der Waals surface area (Å²) >= 11 is 6.91. The Kier molecular flexibility index (Phi) is 8.40. The predicted octanol–water partition coefficient (Wildman–Crippen LogP) is 3.24. The Morgan fingerprint density at radius 1 is 1.12 bits per heavy atom. The molecule has 0 heterocycles. The molecule has 2 aromatic rings. The number of nitrogens with one attached hydrogen (secondary N) is 2. The van der Waals surface area contributed by atoms with E-state index < -0.39 is 0 Å². The summed E-state index contributed by atoms with van der Waals surface area (Å²) in [6.45, 7) is 1.36. The third kappa shape index (κ3) is 6.33. The average molecular weight is 391 g/mol. The molecular weight excluding hydrogens is 368 g/mol. The van der Waals surface area contributed by atoms with Gasteiger partial charge < -0.3 is 14.8 Å². The average Bonchev–Trinajstić information content (AvgIpc) is 2.67. The van der Waals surface area contributed by atoms with Crippen LogP contribution in [0, 0.1) is 0 Å². The molecule has 0 saturated carbocycles. The highest BCUT2D eigenvalue weighted by Gasteiger charge is 2.13. The second-order valence-corrected chi connectivity index (χ2v) is 6.61. The summed E-state index contributed by atoms with van der Waals surface area (Å²) in [6.07, 6.45) is 2.04. The number of hydrogen-bond donors (Lipinski definition) is 2. The van der Waals surface area contributed by atoms with Crippen LogP contribution >= 0.6 is 24.0 Å². The van der Waals surface area contributed by atoms with Crippen LogP contribution in [0.1, 0.15) is 15.9 Å². The summed E-state index contributed by atoms with van der Waals surface area (Å²) in [6, 6.07) is 15.2. The van der Waals surface area contributed by atoms with E-state index in [9.17, 15) is 4.79 Å².